The lowest BCUT2D eigenvalue weighted by Gasteiger charge is -2.20. The second kappa shape index (κ2) is 5.94. The Kier molecular flexibility index (Phi) is 4.03. The van der Waals surface area contributed by atoms with Crippen molar-refractivity contribution in [1.29, 1.82) is 0 Å². The molecule has 1 fully saturated rings. The van der Waals surface area contributed by atoms with Crippen molar-refractivity contribution in [2.24, 2.45) is 0 Å². The van der Waals surface area contributed by atoms with Crippen molar-refractivity contribution in [3.63, 3.8) is 0 Å². The molecule has 1 aliphatic rings. The summed E-state index contributed by atoms with van der Waals surface area (Å²) in [6, 6.07) is 10.8. The van der Waals surface area contributed by atoms with E-state index in [9.17, 15) is 4.79 Å². The molecule has 106 valence electrons. The summed E-state index contributed by atoms with van der Waals surface area (Å²) in [7, 11) is 0. The number of rotatable bonds is 3. The second-order valence-corrected chi connectivity index (χ2v) is 6.53. The number of fused-ring (bicyclic) bond motifs is 1. The van der Waals surface area contributed by atoms with Crippen molar-refractivity contribution in [3.05, 3.63) is 35.2 Å². The highest BCUT2D eigenvalue weighted by atomic mass is 32.1. The van der Waals surface area contributed by atoms with Crippen molar-refractivity contribution in [3.8, 4) is 0 Å². The molecule has 0 saturated carbocycles. The third kappa shape index (κ3) is 2.86. The van der Waals surface area contributed by atoms with Crippen LogP contribution in [0.15, 0.2) is 30.3 Å². The minimum atomic E-state index is -0.0577. The predicted octanol–water partition coefficient (Wildman–Crippen LogP) is 3.22. The largest absolute Gasteiger partial charge is 0.355 e. The average Bonchev–Trinajstić information content (AvgIpc) is 2.79. The maximum atomic E-state index is 12.0. The summed E-state index contributed by atoms with van der Waals surface area (Å²) in [5.74, 6) is 0.149. The van der Waals surface area contributed by atoms with Gasteiger partial charge in [-0.25, -0.2) is 0 Å². The van der Waals surface area contributed by atoms with Gasteiger partial charge in [-0.05, 0) is 43.7 Å². The van der Waals surface area contributed by atoms with Crippen molar-refractivity contribution < 1.29 is 4.79 Å². The van der Waals surface area contributed by atoms with E-state index in [-0.39, 0.29) is 18.0 Å². The smallest absolute Gasteiger partial charge is 0.237 e. The highest BCUT2D eigenvalue weighted by Gasteiger charge is 2.23. The van der Waals surface area contributed by atoms with Crippen LogP contribution >= 0.6 is 11.3 Å². The van der Waals surface area contributed by atoms with Crippen LogP contribution in [0.4, 0.5) is 0 Å². The van der Waals surface area contributed by atoms with Gasteiger partial charge in [0.15, 0.2) is 0 Å². The van der Waals surface area contributed by atoms with E-state index in [1.807, 2.05) is 0 Å². The molecule has 0 aliphatic carbocycles. The highest BCUT2D eigenvalue weighted by molar-refractivity contribution is 7.19. The van der Waals surface area contributed by atoms with Gasteiger partial charge in [0.2, 0.25) is 5.91 Å². The molecule has 4 heteroatoms. The normalized spacial score (nSPS) is 21.4. The molecular formula is C16H20N2OS. The summed E-state index contributed by atoms with van der Waals surface area (Å²) in [5, 5.41) is 7.75. The first-order valence-electron chi connectivity index (χ1n) is 7.26. The van der Waals surface area contributed by atoms with Crippen LogP contribution in [0.25, 0.3) is 10.1 Å². The molecule has 2 aromatic rings. The van der Waals surface area contributed by atoms with Crippen LogP contribution in [0.1, 0.15) is 37.1 Å². The fraction of sp³-hybridized carbons (Fsp3) is 0.438. The Bertz CT molecular complexity index is 574. The number of carbonyl (C=O) groups excluding carboxylic acids is 1. The molecule has 2 unspecified atom stereocenters. The van der Waals surface area contributed by atoms with E-state index in [2.05, 4.69) is 47.9 Å². The van der Waals surface area contributed by atoms with Gasteiger partial charge in [0, 0.05) is 22.2 Å². The van der Waals surface area contributed by atoms with Gasteiger partial charge in [-0.2, -0.15) is 0 Å². The van der Waals surface area contributed by atoms with Crippen molar-refractivity contribution >= 4 is 27.3 Å². The number of carbonyl (C=O) groups is 1. The number of nitrogens with one attached hydrogen (secondary N) is 2. The van der Waals surface area contributed by atoms with Crippen LogP contribution in [-0.4, -0.2) is 18.5 Å². The van der Waals surface area contributed by atoms with Gasteiger partial charge in [0.25, 0.3) is 0 Å². The van der Waals surface area contributed by atoms with Gasteiger partial charge in [-0.15, -0.1) is 11.3 Å². The fourth-order valence-corrected chi connectivity index (χ4v) is 3.77. The predicted molar refractivity (Wildman–Crippen MR) is 84.0 cm³/mol. The summed E-state index contributed by atoms with van der Waals surface area (Å²) in [5.41, 5.74) is 0. The van der Waals surface area contributed by atoms with Gasteiger partial charge < -0.3 is 5.32 Å². The lowest BCUT2D eigenvalue weighted by Crippen LogP contribution is -2.43. The summed E-state index contributed by atoms with van der Waals surface area (Å²) in [6.45, 7) is 2.96. The average molecular weight is 288 g/mol. The first-order valence-corrected chi connectivity index (χ1v) is 8.08. The maximum absolute atomic E-state index is 12.0. The van der Waals surface area contributed by atoms with Crippen LogP contribution in [0, 0.1) is 0 Å². The van der Waals surface area contributed by atoms with Crippen LogP contribution in [0.5, 0.6) is 0 Å². The maximum Gasteiger partial charge on any atom is 0.237 e. The zero-order valence-electron chi connectivity index (χ0n) is 11.7. The molecule has 1 saturated heterocycles. The minimum absolute atomic E-state index is 0.0577. The highest BCUT2D eigenvalue weighted by Crippen LogP contribution is 2.30. The molecule has 0 spiro atoms. The molecular weight excluding hydrogens is 268 g/mol. The van der Waals surface area contributed by atoms with Crippen molar-refractivity contribution in [1.82, 2.24) is 10.6 Å². The summed E-state index contributed by atoms with van der Waals surface area (Å²) in [4.78, 5) is 13.3. The number of hydrogen-bond donors (Lipinski definition) is 2. The molecule has 2 N–H and O–H groups in total. The third-order valence-corrected chi connectivity index (χ3v) is 5.16. The van der Waals surface area contributed by atoms with E-state index in [1.165, 1.54) is 15.0 Å². The lowest BCUT2D eigenvalue weighted by atomic mass is 10.1. The van der Waals surface area contributed by atoms with E-state index in [1.54, 1.807) is 11.3 Å². The molecule has 3 nitrogen and oxygen atoms in total. The Balaban J connectivity index is 1.74. The monoisotopic (exact) mass is 288 g/mol. The Morgan fingerprint density at radius 2 is 2.20 bits per heavy atom. The molecule has 20 heavy (non-hydrogen) atoms. The van der Waals surface area contributed by atoms with Gasteiger partial charge in [-0.1, -0.05) is 18.2 Å². The van der Waals surface area contributed by atoms with Crippen LogP contribution in [-0.2, 0) is 4.79 Å². The Labute approximate surface area is 123 Å². The van der Waals surface area contributed by atoms with E-state index >= 15 is 0 Å². The SMILES string of the molecule is CC(NC1CCCCNC1=O)c1cc2ccccc2s1. The molecule has 0 bridgehead atoms. The zero-order valence-corrected chi connectivity index (χ0v) is 12.5. The molecule has 2 atom stereocenters. The van der Waals surface area contributed by atoms with Gasteiger partial charge in [0.1, 0.15) is 0 Å². The first-order chi connectivity index (χ1) is 9.74. The molecule has 1 aliphatic heterocycles. The Hall–Kier alpha value is -1.39. The fourth-order valence-electron chi connectivity index (χ4n) is 2.70. The first kappa shape index (κ1) is 13.6. The molecule has 3 rings (SSSR count). The number of benzene rings is 1. The zero-order chi connectivity index (χ0) is 13.9. The Morgan fingerprint density at radius 3 is 3.05 bits per heavy atom. The number of amides is 1. The lowest BCUT2D eigenvalue weighted by molar-refractivity contribution is -0.123. The summed E-state index contributed by atoms with van der Waals surface area (Å²) >= 11 is 1.81. The van der Waals surface area contributed by atoms with Crippen LogP contribution in [0.3, 0.4) is 0 Å². The van der Waals surface area contributed by atoms with E-state index < -0.39 is 0 Å². The topological polar surface area (TPSA) is 41.1 Å². The minimum Gasteiger partial charge on any atom is -0.355 e. The summed E-state index contributed by atoms with van der Waals surface area (Å²) < 4.78 is 1.31. The van der Waals surface area contributed by atoms with Crippen molar-refractivity contribution in [2.45, 2.75) is 38.3 Å². The van der Waals surface area contributed by atoms with Crippen LogP contribution in [0.2, 0.25) is 0 Å². The molecule has 0 radical (unpaired) electrons. The molecule has 1 aromatic carbocycles. The van der Waals surface area contributed by atoms with Gasteiger partial charge >= 0.3 is 0 Å². The van der Waals surface area contributed by atoms with Crippen molar-refractivity contribution in [2.75, 3.05) is 6.54 Å². The number of hydrogen-bond acceptors (Lipinski definition) is 3. The third-order valence-electron chi connectivity index (χ3n) is 3.86. The molecule has 1 amide bonds. The molecule has 2 heterocycles. The quantitative estimate of drug-likeness (QED) is 0.910. The second-order valence-electron chi connectivity index (χ2n) is 5.41. The van der Waals surface area contributed by atoms with E-state index in [0.29, 0.717) is 0 Å². The molecule has 1 aromatic heterocycles. The Morgan fingerprint density at radius 1 is 1.35 bits per heavy atom. The van der Waals surface area contributed by atoms with E-state index in [4.69, 9.17) is 0 Å². The summed E-state index contributed by atoms with van der Waals surface area (Å²) in [6.07, 6.45) is 3.12. The standard InChI is InChI=1S/C16H20N2OS/c1-11(18-13-7-4-5-9-17-16(13)19)15-10-12-6-2-3-8-14(12)20-15/h2-3,6,8,10-11,13,18H,4-5,7,9H2,1H3,(H,17,19). The number of thiophene rings is 1. The van der Waals surface area contributed by atoms with E-state index in [0.717, 1.165) is 25.8 Å². The van der Waals surface area contributed by atoms with Crippen LogP contribution < -0.4 is 10.6 Å². The van der Waals surface area contributed by atoms with Gasteiger partial charge in [0.05, 0.1) is 6.04 Å². The van der Waals surface area contributed by atoms with Gasteiger partial charge in [-0.3, -0.25) is 10.1 Å².